The molecule has 0 rings (SSSR count). The van der Waals surface area contributed by atoms with Crippen LogP contribution in [0.4, 0.5) is 0 Å². The van der Waals surface area contributed by atoms with Crippen LogP contribution in [0.5, 0.6) is 0 Å². The highest BCUT2D eigenvalue weighted by Crippen LogP contribution is 1.85. The van der Waals surface area contributed by atoms with E-state index in [1.165, 1.54) is 0 Å². The molecule has 0 bridgehead atoms. The Morgan fingerprint density at radius 1 is 1.88 bits per heavy atom. The molecule has 0 aromatic heterocycles. The van der Waals surface area contributed by atoms with Gasteiger partial charge in [-0.1, -0.05) is 0 Å². The maximum absolute atomic E-state index is 8.31. The van der Waals surface area contributed by atoms with Crippen LogP contribution in [-0.4, -0.2) is 24.4 Å². The largest absolute Gasteiger partial charge is 0.394 e. The smallest absolute Gasteiger partial charge is 0.119 e. The summed E-state index contributed by atoms with van der Waals surface area (Å²) in [5.74, 6) is 4.63. The van der Waals surface area contributed by atoms with Gasteiger partial charge in [0.2, 0.25) is 0 Å². The summed E-state index contributed by atoms with van der Waals surface area (Å²) in [4.78, 5) is 4.11. The molecule has 0 aromatic rings. The lowest BCUT2D eigenvalue weighted by atomic mass is 10.4. The van der Waals surface area contributed by atoms with Crippen molar-refractivity contribution in [2.45, 2.75) is 6.04 Å². The van der Waals surface area contributed by atoms with Gasteiger partial charge in [0, 0.05) is 0 Å². The molecule has 0 fully saturated rings. The van der Waals surface area contributed by atoms with Crippen LogP contribution in [-0.2, 0) is 4.84 Å². The molecule has 48 valence electrons. The topological polar surface area (TPSA) is 91.7 Å². The van der Waals surface area contributed by atoms with E-state index in [1.807, 2.05) is 0 Å². The molecule has 5 nitrogen and oxygen atoms in total. The fourth-order valence-corrected chi connectivity index (χ4v) is 0.242. The van der Waals surface area contributed by atoms with E-state index in [9.17, 15) is 0 Å². The highest BCUT2D eigenvalue weighted by molar-refractivity contribution is 4.57. The van der Waals surface area contributed by atoms with Crippen LogP contribution in [0.25, 0.3) is 0 Å². The van der Waals surface area contributed by atoms with Crippen LogP contribution >= 0.6 is 0 Å². The second-order valence-corrected chi connectivity index (χ2v) is 1.30. The minimum Gasteiger partial charge on any atom is -0.394 e. The number of rotatable bonds is 4. The third-order valence-corrected chi connectivity index (χ3v) is 0.682. The zero-order valence-electron chi connectivity index (χ0n) is 4.37. The number of aliphatic hydroxyl groups excluding tert-OH is 1. The first-order chi connectivity index (χ1) is 3.85. The van der Waals surface area contributed by atoms with Crippen LogP contribution in [0.3, 0.4) is 0 Å². The van der Waals surface area contributed by atoms with Crippen molar-refractivity contribution in [3.63, 3.8) is 0 Å². The maximum atomic E-state index is 8.31. The van der Waals surface area contributed by atoms with E-state index in [2.05, 4.69) is 15.8 Å². The third kappa shape index (κ3) is 2.62. The maximum Gasteiger partial charge on any atom is 0.119 e. The van der Waals surface area contributed by atoms with Gasteiger partial charge in [-0.3, -0.25) is 0 Å². The Kier molecular flexibility index (Phi) is 4.33. The second kappa shape index (κ2) is 4.63. The average Bonchev–Trinajstić information content (AvgIpc) is 1.83. The van der Waals surface area contributed by atoms with Crippen molar-refractivity contribution in [2.75, 3.05) is 13.2 Å². The van der Waals surface area contributed by atoms with E-state index < -0.39 is 6.04 Å². The van der Waals surface area contributed by atoms with E-state index in [1.54, 1.807) is 0 Å². The quantitative estimate of drug-likeness (QED) is 0.336. The van der Waals surface area contributed by atoms with E-state index in [4.69, 9.17) is 10.6 Å². The van der Waals surface area contributed by atoms with Gasteiger partial charge in [-0.15, -0.1) is 0 Å². The van der Waals surface area contributed by atoms with E-state index in [0.29, 0.717) is 0 Å². The Labute approximate surface area is 46.9 Å². The molecular weight excluding hydrogens is 110 g/mol. The molecule has 0 aliphatic rings. The summed E-state index contributed by atoms with van der Waals surface area (Å²) < 4.78 is 0. The SMILES string of the molecule is N=NC(CO)CON. The molecule has 1 atom stereocenters. The molecule has 5 heteroatoms. The Morgan fingerprint density at radius 3 is 2.62 bits per heavy atom. The molecule has 0 spiro atoms. The molecule has 8 heavy (non-hydrogen) atoms. The van der Waals surface area contributed by atoms with Gasteiger partial charge >= 0.3 is 0 Å². The predicted molar refractivity (Wildman–Crippen MR) is 26.2 cm³/mol. The normalized spacial score (nSPS) is 13.2. The summed E-state index contributed by atoms with van der Waals surface area (Å²) in [5, 5.41) is 11.3. The Balaban J connectivity index is 3.21. The number of nitrogens with two attached hydrogens (primary N) is 1. The van der Waals surface area contributed by atoms with Crippen molar-refractivity contribution in [3.8, 4) is 0 Å². The van der Waals surface area contributed by atoms with Gasteiger partial charge in [0.15, 0.2) is 0 Å². The molecule has 0 aromatic carbocycles. The number of nitrogens with zero attached hydrogens (tertiary/aromatic N) is 1. The van der Waals surface area contributed by atoms with Crippen molar-refractivity contribution in [1.82, 2.24) is 0 Å². The van der Waals surface area contributed by atoms with Gasteiger partial charge < -0.3 is 9.94 Å². The predicted octanol–water partition coefficient (Wildman–Crippen LogP) is -0.731. The van der Waals surface area contributed by atoms with Crippen LogP contribution in [0.2, 0.25) is 0 Å². The number of nitrogens with one attached hydrogen (secondary N) is 1. The summed E-state index contributed by atoms with van der Waals surface area (Å²) in [5.41, 5.74) is 6.39. The summed E-state index contributed by atoms with van der Waals surface area (Å²) >= 11 is 0. The Hall–Kier alpha value is -0.520. The van der Waals surface area contributed by atoms with E-state index in [0.717, 1.165) is 0 Å². The second-order valence-electron chi connectivity index (χ2n) is 1.30. The Bertz CT molecular complexity index is 67.5. The van der Waals surface area contributed by atoms with Crippen molar-refractivity contribution < 1.29 is 9.94 Å². The van der Waals surface area contributed by atoms with Crippen molar-refractivity contribution in [2.24, 2.45) is 11.0 Å². The van der Waals surface area contributed by atoms with Crippen molar-refractivity contribution >= 4 is 0 Å². The fraction of sp³-hybridized carbons (Fsp3) is 1.00. The summed E-state index contributed by atoms with van der Waals surface area (Å²) in [6, 6.07) is -0.500. The van der Waals surface area contributed by atoms with Crippen LogP contribution in [0.1, 0.15) is 0 Å². The number of hydrogen-bond donors (Lipinski definition) is 3. The standard InChI is InChI=1S/C3H9N3O2/c4-6-3(1-7)2-8-5/h3-4,7H,1-2,5H2. The van der Waals surface area contributed by atoms with Gasteiger partial charge in [-0.2, -0.15) is 5.11 Å². The van der Waals surface area contributed by atoms with Crippen LogP contribution in [0, 0.1) is 5.53 Å². The highest BCUT2D eigenvalue weighted by Gasteiger charge is 2.01. The first kappa shape index (κ1) is 7.48. The van der Waals surface area contributed by atoms with Gasteiger partial charge in [0.1, 0.15) is 6.04 Å². The van der Waals surface area contributed by atoms with Crippen LogP contribution < -0.4 is 5.90 Å². The molecule has 4 N–H and O–H groups in total. The van der Waals surface area contributed by atoms with Gasteiger partial charge in [-0.25, -0.2) is 11.4 Å². The van der Waals surface area contributed by atoms with Gasteiger partial charge in [0.25, 0.3) is 0 Å². The number of aliphatic hydroxyl groups is 1. The van der Waals surface area contributed by atoms with Crippen molar-refractivity contribution in [3.05, 3.63) is 0 Å². The third-order valence-electron chi connectivity index (χ3n) is 0.682. The lowest BCUT2D eigenvalue weighted by Gasteiger charge is -2.01. The lowest BCUT2D eigenvalue weighted by molar-refractivity contribution is 0.100. The molecule has 0 aliphatic carbocycles. The molecule has 0 amide bonds. The summed E-state index contributed by atoms with van der Waals surface area (Å²) in [7, 11) is 0. The van der Waals surface area contributed by atoms with E-state index in [-0.39, 0.29) is 13.2 Å². The molecule has 0 heterocycles. The molecule has 0 radical (unpaired) electrons. The zero-order chi connectivity index (χ0) is 6.41. The molecule has 0 saturated heterocycles. The average molecular weight is 119 g/mol. The van der Waals surface area contributed by atoms with Gasteiger partial charge in [-0.05, 0) is 0 Å². The Morgan fingerprint density at radius 2 is 2.50 bits per heavy atom. The first-order valence-corrected chi connectivity index (χ1v) is 2.14. The van der Waals surface area contributed by atoms with E-state index >= 15 is 0 Å². The van der Waals surface area contributed by atoms with Crippen LogP contribution in [0.15, 0.2) is 5.11 Å². The highest BCUT2D eigenvalue weighted by atomic mass is 16.6. The summed E-state index contributed by atoms with van der Waals surface area (Å²) in [6.45, 7) is -0.0965. The number of hydrogen-bond acceptors (Lipinski definition) is 5. The summed E-state index contributed by atoms with van der Waals surface area (Å²) in [6.07, 6.45) is 0. The first-order valence-electron chi connectivity index (χ1n) is 2.14. The van der Waals surface area contributed by atoms with Gasteiger partial charge in [0.05, 0.1) is 13.2 Å². The molecule has 0 saturated carbocycles. The molecule has 1 unspecified atom stereocenters. The molecule has 0 aliphatic heterocycles. The van der Waals surface area contributed by atoms with Crippen molar-refractivity contribution in [1.29, 1.82) is 5.53 Å². The minimum absolute atomic E-state index is 0.0972. The monoisotopic (exact) mass is 119 g/mol. The minimum atomic E-state index is -0.500. The molecular formula is C3H9N3O2. The zero-order valence-corrected chi connectivity index (χ0v) is 4.37. The lowest BCUT2D eigenvalue weighted by Crippen LogP contribution is -2.19. The fourth-order valence-electron chi connectivity index (χ4n) is 0.242.